The molecule has 1 N–H and O–H groups in total. The summed E-state index contributed by atoms with van der Waals surface area (Å²) in [5.74, 6) is -1.33. The van der Waals surface area contributed by atoms with E-state index in [1.54, 1.807) is 24.1 Å². The van der Waals surface area contributed by atoms with Crippen molar-refractivity contribution in [2.24, 2.45) is 0 Å². The molecule has 0 spiro atoms. The Labute approximate surface area is 128 Å². The highest BCUT2D eigenvalue weighted by Crippen LogP contribution is 2.22. The summed E-state index contributed by atoms with van der Waals surface area (Å²) in [5, 5.41) is 17.5. The largest absolute Gasteiger partial charge is 0.480 e. The fourth-order valence-electron chi connectivity index (χ4n) is 2.52. The zero-order chi connectivity index (χ0) is 16.1. The molecule has 1 fully saturated rings. The van der Waals surface area contributed by atoms with Crippen LogP contribution >= 0.6 is 0 Å². The minimum absolute atomic E-state index is 0.0644. The molecule has 0 aromatic heterocycles. The van der Waals surface area contributed by atoms with E-state index in [0.717, 1.165) is 0 Å². The van der Waals surface area contributed by atoms with Crippen molar-refractivity contribution in [3.05, 3.63) is 29.6 Å². The molecule has 6 nitrogen and oxygen atoms in total. The third-order valence-electron chi connectivity index (χ3n) is 3.48. The summed E-state index contributed by atoms with van der Waals surface area (Å²) in [7, 11) is 1.71. The van der Waals surface area contributed by atoms with Gasteiger partial charge in [0.15, 0.2) is 0 Å². The van der Waals surface area contributed by atoms with Crippen LogP contribution in [0.25, 0.3) is 0 Å². The third-order valence-corrected chi connectivity index (χ3v) is 3.48. The lowest BCUT2D eigenvalue weighted by molar-refractivity contribution is -0.138. The van der Waals surface area contributed by atoms with Crippen LogP contribution < -0.4 is 4.90 Å². The van der Waals surface area contributed by atoms with Crippen molar-refractivity contribution < 1.29 is 19.0 Å². The molecule has 0 bridgehead atoms. The first kappa shape index (κ1) is 16.2. The van der Waals surface area contributed by atoms with Crippen LogP contribution in [0.5, 0.6) is 0 Å². The number of morpholine rings is 1. The quantitative estimate of drug-likeness (QED) is 0.871. The van der Waals surface area contributed by atoms with Crippen LogP contribution in [0.15, 0.2) is 18.2 Å². The predicted molar refractivity (Wildman–Crippen MR) is 78.2 cm³/mol. The molecule has 1 heterocycles. The molecule has 1 atom stereocenters. The number of likely N-dealkylation sites (N-methyl/N-ethyl adjacent to an activating group) is 1. The Balaban J connectivity index is 2.01. The van der Waals surface area contributed by atoms with Crippen molar-refractivity contribution in [2.75, 3.05) is 44.7 Å². The second kappa shape index (κ2) is 7.20. The van der Waals surface area contributed by atoms with Gasteiger partial charge in [-0.2, -0.15) is 5.26 Å². The van der Waals surface area contributed by atoms with Crippen molar-refractivity contribution in [1.82, 2.24) is 4.90 Å². The van der Waals surface area contributed by atoms with E-state index in [4.69, 9.17) is 15.1 Å². The predicted octanol–water partition coefficient (Wildman–Crippen LogP) is 0.919. The number of carboxylic acids is 1. The average Bonchev–Trinajstić information content (AvgIpc) is 2.46. The average molecular weight is 307 g/mol. The Morgan fingerprint density at radius 1 is 1.64 bits per heavy atom. The van der Waals surface area contributed by atoms with Gasteiger partial charge in [0.25, 0.3) is 0 Å². The second-order valence-corrected chi connectivity index (χ2v) is 5.31. The molecule has 2 rings (SSSR count). The highest BCUT2D eigenvalue weighted by Gasteiger charge is 2.24. The van der Waals surface area contributed by atoms with Crippen molar-refractivity contribution in [2.45, 2.75) is 6.10 Å². The number of carbonyl (C=O) groups is 1. The Bertz CT molecular complexity index is 588. The van der Waals surface area contributed by atoms with Gasteiger partial charge in [-0.05, 0) is 25.2 Å². The molecule has 1 aromatic carbocycles. The number of ether oxygens (including phenoxy) is 1. The number of hydrogen-bond acceptors (Lipinski definition) is 5. The number of rotatable bonds is 5. The fraction of sp³-hybridized carbons (Fsp3) is 0.467. The summed E-state index contributed by atoms with van der Waals surface area (Å²) >= 11 is 0. The van der Waals surface area contributed by atoms with E-state index in [1.807, 2.05) is 11.0 Å². The van der Waals surface area contributed by atoms with Crippen LogP contribution in [0.3, 0.4) is 0 Å². The maximum Gasteiger partial charge on any atom is 0.317 e. The zero-order valence-electron chi connectivity index (χ0n) is 12.3. The SMILES string of the molecule is CN(CC(=O)O)CC1CN(c2ccc(C#N)cc2F)CCO1. The van der Waals surface area contributed by atoms with E-state index in [2.05, 4.69) is 0 Å². The van der Waals surface area contributed by atoms with Gasteiger partial charge < -0.3 is 14.7 Å². The van der Waals surface area contributed by atoms with Gasteiger partial charge in [0, 0.05) is 19.6 Å². The molecule has 0 aliphatic carbocycles. The first-order chi connectivity index (χ1) is 10.5. The van der Waals surface area contributed by atoms with Gasteiger partial charge in [-0.15, -0.1) is 0 Å². The summed E-state index contributed by atoms with van der Waals surface area (Å²) in [6.07, 6.45) is -0.187. The van der Waals surface area contributed by atoms with E-state index in [-0.39, 0.29) is 18.2 Å². The van der Waals surface area contributed by atoms with Crippen molar-refractivity contribution >= 4 is 11.7 Å². The highest BCUT2D eigenvalue weighted by molar-refractivity contribution is 5.69. The summed E-state index contributed by atoms with van der Waals surface area (Å²) in [6, 6.07) is 6.30. The molecule has 0 amide bonds. The first-order valence-corrected chi connectivity index (χ1v) is 6.96. The number of carboxylic acid groups (broad SMARTS) is 1. The van der Waals surface area contributed by atoms with Gasteiger partial charge in [-0.3, -0.25) is 9.69 Å². The molecule has 1 aliphatic rings. The van der Waals surface area contributed by atoms with Crippen LogP contribution in [0, 0.1) is 17.1 Å². The summed E-state index contributed by atoms with van der Waals surface area (Å²) < 4.78 is 19.7. The van der Waals surface area contributed by atoms with Crippen LogP contribution in [-0.2, 0) is 9.53 Å². The molecule has 1 aliphatic heterocycles. The van der Waals surface area contributed by atoms with E-state index in [1.165, 1.54) is 6.07 Å². The number of anilines is 1. The summed E-state index contributed by atoms with van der Waals surface area (Å²) in [6.45, 7) is 1.88. The van der Waals surface area contributed by atoms with Crippen LogP contribution in [-0.4, -0.2) is 61.9 Å². The maximum atomic E-state index is 14.1. The maximum absolute atomic E-state index is 14.1. The molecule has 7 heteroatoms. The van der Waals surface area contributed by atoms with Gasteiger partial charge in [-0.25, -0.2) is 4.39 Å². The molecule has 22 heavy (non-hydrogen) atoms. The van der Waals surface area contributed by atoms with Gasteiger partial charge in [0.2, 0.25) is 0 Å². The number of nitrogens with zero attached hydrogens (tertiary/aromatic N) is 3. The molecule has 1 saturated heterocycles. The van der Waals surface area contributed by atoms with Gasteiger partial charge in [-0.1, -0.05) is 0 Å². The van der Waals surface area contributed by atoms with E-state index < -0.39 is 11.8 Å². The minimum Gasteiger partial charge on any atom is -0.480 e. The van der Waals surface area contributed by atoms with Gasteiger partial charge in [0.05, 0.1) is 36.6 Å². The molecular formula is C15H18FN3O3. The monoisotopic (exact) mass is 307 g/mol. The number of benzene rings is 1. The van der Waals surface area contributed by atoms with Crippen LogP contribution in [0.2, 0.25) is 0 Å². The van der Waals surface area contributed by atoms with Gasteiger partial charge in [0.1, 0.15) is 5.82 Å². The molecule has 0 saturated carbocycles. The highest BCUT2D eigenvalue weighted by atomic mass is 19.1. The third kappa shape index (κ3) is 4.16. The topological polar surface area (TPSA) is 76.8 Å². The number of halogens is 1. The second-order valence-electron chi connectivity index (χ2n) is 5.31. The lowest BCUT2D eigenvalue weighted by Crippen LogP contribution is -2.48. The van der Waals surface area contributed by atoms with Crippen molar-refractivity contribution in [1.29, 1.82) is 5.26 Å². The summed E-state index contributed by atoms with van der Waals surface area (Å²) in [4.78, 5) is 14.2. The molecule has 118 valence electrons. The van der Waals surface area contributed by atoms with Crippen LogP contribution in [0.1, 0.15) is 5.56 Å². The normalized spacial score (nSPS) is 18.3. The zero-order valence-corrected chi connectivity index (χ0v) is 12.3. The molecular weight excluding hydrogens is 289 g/mol. The Kier molecular flexibility index (Phi) is 5.31. The van der Waals surface area contributed by atoms with E-state index in [9.17, 15) is 9.18 Å². The standard InChI is InChI=1S/C15H18FN3O3/c1-18(10-15(20)21)8-12-9-19(4-5-22-12)14-3-2-11(7-17)6-13(14)16/h2-3,6,12H,4-5,8-10H2,1H3,(H,20,21). The van der Waals surface area contributed by atoms with Crippen molar-refractivity contribution in [3.63, 3.8) is 0 Å². The van der Waals surface area contributed by atoms with Crippen LogP contribution in [0.4, 0.5) is 10.1 Å². The van der Waals surface area contributed by atoms with E-state index >= 15 is 0 Å². The molecule has 0 radical (unpaired) electrons. The fourth-order valence-corrected chi connectivity index (χ4v) is 2.52. The summed E-state index contributed by atoms with van der Waals surface area (Å²) in [5.41, 5.74) is 0.723. The Morgan fingerprint density at radius 3 is 3.05 bits per heavy atom. The number of nitriles is 1. The Morgan fingerprint density at radius 2 is 2.41 bits per heavy atom. The Hall–Kier alpha value is -2.17. The van der Waals surface area contributed by atoms with E-state index in [0.29, 0.717) is 31.9 Å². The van der Waals surface area contributed by atoms with Gasteiger partial charge >= 0.3 is 5.97 Å². The number of aliphatic carboxylic acids is 1. The minimum atomic E-state index is -0.895. The van der Waals surface area contributed by atoms with Crippen molar-refractivity contribution in [3.8, 4) is 6.07 Å². The lowest BCUT2D eigenvalue weighted by Gasteiger charge is -2.36. The number of hydrogen-bond donors (Lipinski definition) is 1. The first-order valence-electron chi connectivity index (χ1n) is 6.96. The smallest absolute Gasteiger partial charge is 0.317 e. The molecule has 1 aromatic rings. The lowest BCUT2D eigenvalue weighted by atomic mass is 10.1. The molecule has 1 unspecified atom stereocenters.